The van der Waals surface area contributed by atoms with Gasteiger partial charge in [-0.05, 0) is 19.4 Å². The molecule has 1 amide bonds. The molecule has 0 aromatic rings. The standard InChI is InChI=1S/C10H18N2O/c1-3-5-10(13)12(2)8-9-6-4-7-11-9/h3,9,11H,1,4-8H2,2H3. The number of hydrogen-bond acceptors (Lipinski definition) is 2. The fourth-order valence-corrected chi connectivity index (χ4v) is 1.62. The molecule has 1 aliphatic heterocycles. The van der Waals surface area contributed by atoms with E-state index in [4.69, 9.17) is 0 Å². The summed E-state index contributed by atoms with van der Waals surface area (Å²) in [6.07, 6.45) is 4.52. The van der Waals surface area contributed by atoms with Crippen LogP contribution in [-0.4, -0.2) is 37.0 Å². The van der Waals surface area contributed by atoms with Crippen LogP contribution in [0.3, 0.4) is 0 Å². The van der Waals surface area contributed by atoms with E-state index in [1.54, 1.807) is 11.0 Å². The molecule has 1 unspecified atom stereocenters. The van der Waals surface area contributed by atoms with Crippen molar-refractivity contribution in [2.24, 2.45) is 0 Å². The maximum Gasteiger partial charge on any atom is 0.226 e. The van der Waals surface area contributed by atoms with E-state index >= 15 is 0 Å². The van der Waals surface area contributed by atoms with Crippen LogP contribution in [0, 0.1) is 0 Å². The molecule has 1 atom stereocenters. The van der Waals surface area contributed by atoms with Crippen molar-refractivity contribution >= 4 is 5.91 Å². The fraction of sp³-hybridized carbons (Fsp3) is 0.700. The van der Waals surface area contributed by atoms with Crippen LogP contribution >= 0.6 is 0 Å². The van der Waals surface area contributed by atoms with Gasteiger partial charge >= 0.3 is 0 Å². The summed E-state index contributed by atoms with van der Waals surface area (Å²) < 4.78 is 0. The van der Waals surface area contributed by atoms with Crippen molar-refractivity contribution in [3.05, 3.63) is 12.7 Å². The Hall–Kier alpha value is -0.830. The quantitative estimate of drug-likeness (QED) is 0.651. The molecule has 0 bridgehead atoms. The molecule has 13 heavy (non-hydrogen) atoms. The summed E-state index contributed by atoms with van der Waals surface area (Å²) in [4.78, 5) is 13.1. The summed E-state index contributed by atoms with van der Waals surface area (Å²) >= 11 is 0. The molecule has 1 aliphatic rings. The molecule has 0 aromatic heterocycles. The van der Waals surface area contributed by atoms with Gasteiger partial charge in [0.25, 0.3) is 0 Å². The van der Waals surface area contributed by atoms with Gasteiger partial charge in [0.2, 0.25) is 5.91 Å². The Balaban J connectivity index is 2.26. The van der Waals surface area contributed by atoms with E-state index in [1.165, 1.54) is 12.8 Å². The summed E-state index contributed by atoms with van der Waals surface area (Å²) in [6.45, 7) is 5.47. The Morgan fingerprint density at radius 1 is 1.77 bits per heavy atom. The number of nitrogens with one attached hydrogen (secondary N) is 1. The molecule has 0 aromatic carbocycles. The molecule has 1 saturated heterocycles. The maximum absolute atomic E-state index is 11.4. The molecule has 0 aliphatic carbocycles. The Kier molecular flexibility index (Phi) is 3.96. The van der Waals surface area contributed by atoms with E-state index in [9.17, 15) is 4.79 Å². The van der Waals surface area contributed by atoms with Crippen molar-refractivity contribution in [1.82, 2.24) is 10.2 Å². The van der Waals surface area contributed by atoms with Crippen LogP contribution in [0.1, 0.15) is 19.3 Å². The van der Waals surface area contributed by atoms with E-state index in [1.807, 2.05) is 7.05 Å². The second-order valence-corrected chi connectivity index (χ2v) is 3.56. The van der Waals surface area contributed by atoms with Gasteiger partial charge in [0, 0.05) is 26.1 Å². The molecule has 0 radical (unpaired) electrons. The SMILES string of the molecule is C=CCC(=O)N(C)CC1CCCN1. The molecule has 1 fully saturated rings. The van der Waals surface area contributed by atoms with E-state index < -0.39 is 0 Å². The number of nitrogens with zero attached hydrogens (tertiary/aromatic N) is 1. The van der Waals surface area contributed by atoms with Crippen LogP contribution in [0.15, 0.2) is 12.7 Å². The molecule has 1 heterocycles. The van der Waals surface area contributed by atoms with E-state index in [0.717, 1.165) is 13.1 Å². The zero-order chi connectivity index (χ0) is 9.68. The molecular formula is C10H18N2O. The van der Waals surface area contributed by atoms with Crippen LogP contribution in [0.4, 0.5) is 0 Å². The third-order valence-corrected chi connectivity index (χ3v) is 2.40. The normalized spacial score (nSPS) is 21.5. The van der Waals surface area contributed by atoms with Crippen molar-refractivity contribution in [3.63, 3.8) is 0 Å². The summed E-state index contributed by atoms with van der Waals surface area (Å²) in [5.41, 5.74) is 0. The van der Waals surface area contributed by atoms with Crippen molar-refractivity contribution in [2.45, 2.75) is 25.3 Å². The summed E-state index contributed by atoms with van der Waals surface area (Å²) in [5, 5.41) is 3.36. The van der Waals surface area contributed by atoms with Crippen molar-refractivity contribution in [3.8, 4) is 0 Å². The third-order valence-electron chi connectivity index (χ3n) is 2.40. The molecule has 0 saturated carbocycles. The predicted octanol–water partition coefficient (Wildman–Crippen LogP) is 0.773. The lowest BCUT2D eigenvalue weighted by Crippen LogP contribution is -2.38. The highest BCUT2D eigenvalue weighted by Crippen LogP contribution is 2.06. The minimum Gasteiger partial charge on any atom is -0.344 e. The molecule has 3 nitrogen and oxygen atoms in total. The average Bonchev–Trinajstić information content (AvgIpc) is 2.57. The highest BCUT2D eigenvalue weighted by molar-refractivity contribution is 5.77. The van der Waals surface area contributed by atoms with Gasteiger partial charge in [0.1, 0.15) is 0 Å². The van der Waals surface area contributed by atoms with E-state index in [2.05, 4.69) is 11.9 Å². The number of carbonyl (C=O) groups is 1. The summed E-state index contributed by atoms with van der Waals surface area (Å²) in [6, 6.07) is 0.499. The molecular weight excluding hydrogens is 164 g/mol. The lowest BCUT2D eigenvalue weighted by molar-refractivity contribution is -0.129. The number of likely N-dealkylation sites (N-methyl/N-ethyl adjacent to an activating group) is 1. The van der Waals surface area contributed by atoms with Gasteiger partial charge in [-0.2, -0.15) is 0 Å². The van der Waals surface area contributed by atoms with Crippen LogP contribution < -0.4 is 5.32 Å². The minimum atomic E-state index is 0.156. The lowest BCUT2D eigenvalue weighted by atomic mass is 10.2. The second-order valence-electron chi connectivity index (χ2n) is 3.56. The molecule has 74 valence electrons. The number of carbonyl (C=O) groups excluding carboxylic acids is 1. The minimum absolute atomic E-state index is 0.156. The van der Waals surface area contributed by atoms with Gasteiger partial charge < -0.3 is 10.2 Å². The Morgan fingerprint density at radius 2 is 2.54 bits per heavy atom. The zero-order valence-corrected chi connectivity index (χ0v) is 8.25. The zero-order valence-electron chi connectivity index (χ0n) is 8.25. The van der Waals surface area contributed by atoms with Crippen LogP contribution in [-0.2, 0) is 4.79 Å². The summed E-state index contributed by atoms with van der Waals surface area (Å²) in [5.74, 6) is 0.156. The first-order valence-corrected chi connectivity index (χ1v) is 4.82. The first-order chi connectivity index (χ1) is 6.24. The van der Waals surface area contributed by atoms with Gasteiger partial charge in [-0.15, -0.1) is 6.58 Å². The maximum atomic E-state index is 11.4. The van der Waals surface area contributed by atoms with Gasteiger partial charge in [0.05, 0.1) is 0 Å². The van der Waals surface area contributed by atoms with Gasteiger partial charge in [-0.25, -0.2) is 0 Å². The van der Waals surface area contributed by atoms with Crippen molar-refractivity contribution < 1.29 is 4.79 Å². The Labute approximate surface area is 79.8 Å². The van der Waals surface area contributed by atoms with Gasteiger partial charge in [-0.1, -0.05) is 6.08 Å². The molecule has 3 heteroatoms. The summed E-state index contributed by atoms with van der Waals surface area (Å²) in [7, 11) is 1.85. The highest BCUT2D eigenvalue weighted by Gasteiger charge is 2.17. The van der Waals surface area contributed by atoms with Gasteiger partial charge in [-0.3, -0.25) is 4.79 Å². The van der Waals surface area contributed by atoms with E-state index in [0.29, 0.717) is 12.5 Å². The monoisotopic (exact) mass is 182 g/mol. The Bertz CT molecular complexity index is 185. The number of hydrogen-bond donors (Lipinski definition) is 1. The van der Waals surface area contributed by atoms with Gasteiger partial charge in [0.15, 0.2) is 0 Å². The van der Waals surface area contributed by atoms with Crippen LogP contribution in [0.25, 0.3) is 0 Å². The molecule has 1 N–H and O–H groups in total. The Morgan fingerprint density at radius 3 is 3.08 bits per heavy atom. The van der Waals surface area contributed by atoms with Crippen molar-refractivity contribution in [2.75, 3.05) is 20.1 Å². The first kappa shape index (κ1) is 10.3. The fourth-order valence-electron chi connectivity index (χ4n) is 1.62. The largest absolute Gasteiger partial charge is 0.344 e. The first-order valence-electron chi connectivity index (χ1n) is 4.82. The molecule has 1 rings (SSSR count). The predicted molar refractivity (Wildman–Crippen MR) is 53.5 cm³/mol. The van der Waals surface area contributed by atoms with E-state index in [-0.39, 0.29) is 5.91 Å². The number of amides is 1. The number of rotatable bonds is 4. The van der Waals surface area contributed by atoms with Crippen molar-refractivity contribution in [1.29, 1.82) is 0 Å². The molecule has 0 spiro atoms. The van der Waals surface area contributed by atoms with Crippen LogP contribution in [0.5, 0.6) is 0 Å². The third kappa shape index (κ3) is 3.19. The second kappa shape index (κ2) is 5.02. The average molecular weight is 182 g/mol. The topological polar surface area (TPSA) is 32.3 Å². The van der Waals surface area contributed by atoms with Crippen LogP contribution in [0.2, 0.25) is 0 Å². The smallest absolute Gasteiger partial charge is 0.226 e. The highest BCUT2D eigenvalue weighted by atomic mass is 16.2. The lowest BCUT2D eigenvalue weighted by Gasteiger charge is -2.20.